The molecule has 0 saturated carbocycles. The molecule has 1 aromatic rings. The van der Waals surface area contributed by atoms with Crippen LogP contribution in [0.4, 0.5) is 5.69 Å². The Morgan fingerprint density at radius 2 is 1.92 bits per heavy atom. The van der Waals surface area contributed by atoms with Gasteiger partial charge in [-0.3, -0.25) is 0 Å². The van der Waals surface area contributed by atoms with E-state index in [1.165, 1.54) is 5.56 Å². The zero-order valence-electron chi connectivity index (χ0n) is 7.69. The molecule has 1 rings (SSSR count). The van der Waals surface area contributed by atoms with E-state index in [2.05, 4.69) is 35.8 Å². The fourth-order valence-corrected chi connectivity index (χ4v) is 1.85. The fourth-order valence-electron chi connectivity index (χ4n) is 1.26. The molecular formula is C10H14BrN. The summed E-state index contributed by atoms with van der Waals surface area (Å²) in [7, 11) is 0. The van der Waals surface area contributed by atoms with Crippen molar-refractivity contribution in [3.8, 4) is 0 Å². The van der Waals surface area contributed by atoms with Crippen molar-refractivity contribution in [1.29, 1.82) is 0 Å². The van der Waals surface area contributed by atoms with Gasteiger partial charge in [-0.05, 0) is 36.1 Å². The summed E-state index contributed by atoms with van der Waals surface area (Å²) in [6, 6.07) is 4.13. The van der Waals surface area contributed by atoms with Gasteiger partial charge >= 0.3 is 0 Å². The Bertz CT molecular complexity index is 292. The molecule has 0 bridgehead atoms. The third kappa shape index (κ3) is 1.81. The minimum Gasteiger partial charge on any atom is -0.398 e. The molecule has 12 heavy (non-hydrogen) atoms. The van der Waals surface area contributed by atoms with Crippen molar-refractivity contribution in [2.24, 2.45) is 0 Å². The number of nitrogen functional groups attached to an aromatic ring is 1. The number of halogens is 1. The van der Waals surface area contributed by atoms with Crippen molar-refractivity contribution < 1.29 is 0 Å². The van der Waals surface area contributed by atoms with Gasteiger partial charge in [0.25, 0.3) is 0 Å². The number of aryl methyl sites for hydroxylation is 1. The Labute approximate surface area is 82.1 Å². The molecule has 0 aliphatic heterocycles. The molecule has 0 spiro atoms. The second kappa shape index (κ2) is 3.48. The zero-order valence-corrected chi connectivity index (χ0v) is 9.27. The predicted molar refractivity (Wildman–Crippen MR) is 57.4 cm³/mol. The normalized spacial score (nSPS) is 10.8. The fraction of sp³-hybridized carbons (Fsp3) is 0.400. The molecule has 0 heterocycles. The zero-order chi connectivity index (χ0) is 9.30. The first-order chi connectivity index (χ1) is 5.52. The maximum atomic E-state index is 5.93. The van der Waals surface area contributed by atoms with Gasteiger partial charge in [-0.1, -0.05) is 29.8 Å². The Kier molecular flexibility index (Phi) is 2.78. The van der Waals surface area contributed by atoms with Gasteiger partial charge in [0.05, 0.1) is 0 Å². The molecule has 0 unspecified atom stereocenters. The van der Waals surface area contributed by atoms with Gasteiger partial charge in [0, 0.05) is 10.2 Å². The topological polar surface area (TPSA) is 26.0 Å². The Morgan fingerprint density at radius 1 is 1.33 bits per heavy atom. The van der Waals surface area contributed by atoms with Crippen LogP contribution in [-0.2, 0) is 0 Å². The molecular weight excluding hydrogens is 214 g/mol. The second-order valence-electron chi connectivity index (χ2n) is 3.38. The highest BCUT2D eigenvalue weighted by atomic mass is 79.9. The van der Waals surface area contributed by atoms with Crippen LogP contribution in [0.15, 0.2) is 16.6 Å². The number of hydrogen-bond acceptors (Lipinski definition) is 1. The van der Waals surface area contributed by atoms with E-state index >= 15 is 0 Å². The molecule has 1 nitrogen and oxygen atoms in total. The lowest BCUT2D eigenvalue weighted by molar-refractivity contribution is 0.867. The van der Waals surface area contributed by atoms with Crippen molar-refractivity contribution in [3.63, 3.8) is 0 Å². The molecule has 0 fully saturated rings. The highest BCUT2D eigenvalue weighted by molar-refractivity contribution is 9.10. The lowest BCUT2D eigenvalue weighted by Gasteiger charge is -2.12. The maximum Gasteiger partial charge on any atom is 0.0379 e. The number of anilines is 1. The summed E-state index contributed by atoms with van der Waals surface area (Å²) in [4.78, 5) is 0. The number of hydrogen-bond donors (Lipinski definition) is 1. The van der Waals surface area contributed by atoms with Crippen LogP contribution in [0.3, 0.4) is 0 Å². The number of nitrogens with two attached hydrogens (primary N) is 1. The van der Waals surface area contributed by atoms with E-state index in [-0.39, 0.29) is 0 Å². The van der Waals surface area contributed by atoms with E-state index in [1.54, 1.807) is 0 Å². The first-order valence-electron chi connectivity index (χ1n) is 4.08. The van der Waals surface area contributed by atoms with Gasteiger partial charge in [0.2, 0.25) is 0 Å². The lowest BCUT2D eigenvalue weighted by atomic mass is 9.99. The SMILES string of the molecule is Cc1cc(Br)cc(C(C)C)c1N. The molecule has 2 N–H and O–H groups in total. The Hall–Kier alpha value is -0.500. The first-order valence-corrected chi connectivity index (χ1v) is 4.87. The van der Waals surface area contributed by atoms with Crippen molar-refractivity contribution in [2.75, 3.05) is 5.73 Å². The Balaban J connectivity index is 3.28. The van der Waals surface area contributed by atoms with E-state index < -0.39 is 0 Å². The largest absolute Gasteiger partial charge is 0.398 e. The predicted octanol–water partition coefficient (Wildman–Crippen LogP) is 3.46. The van der Waals surface area contributed by atoms with Crippen LogP contribution in [-0.4, -0.2) is 0 Å². The monoisotopic (exact) mass is 227 g/mol. The van der Waals surface area contributed by atoms with Crippen molar-refractivity contribution >= 4 is 21.6 Å². The van der Waals surface area contributed by atoms with Crippen LogP contribution in [0.2, 0.25) is 0 Å². The van der Waals surface area contributed by atoms with E-state index in [0.29, 0.717) is 5.92 Å². The van der Waals surface area contributed by atoms with Gasteiger partial charge in [-0.15, -0.1) is 0 Å². The van der Waals surface area contributed by atoms with Gasteiger partial charge < -0.3 is 5.73 Å². The average molecular weight is 228 g/mol. The molecule has 0 saturated heterocycles. The standard InChI is InChI=1S/C10H14BrN/c1-6(2)9-5-8(11)4-7(3)10(9)12/h4-6H,12H2,1-3H3. The average Bonchev–Trinajstić information content (AvgIpc) is 1.96. The molecule has 1 aromatic carbocycles. The van der Waals surface area contributed by atoms with Crippen LogP contribution >= 0.6 is 15.9 Å². The summed E-state index contributed by atoms with van der Waals surface area (Å²) in [6.45, 7) is 6.33. The molecule has 66 valence electrons. The molecule has 0 radical (unpaired) electrons. The summed E-state index contributed by atoms with van der Waals surface area (Å²) in [5, 5.41) is 0. The van der Waals surface area contributed by atoms with Gasteiger partial charge in [-0.25, -0.2) is 0 Å². The quantitative estimate of drug-likeness (QED) is 0.732. The van der Waals surface area contributed by atoms with E-state index in [9.17, 15) is 0 Å². The van der Waals surface area contributed by atoms with E-state index in [4.69, 9.17) is 5.73 Å². The summed E-state index contributed by atoms with van der Waals surface area (Å²) in [6.07, 6.45) is 0. The molecule has 0 aliphatic carbocycles. The van der Waals surface area contributed by atoms with Crippen LogP contribution in [0, 0.1) is 6.92 Å². The van der Waals surface area contributed by atoms with E-state index in [1.807, 2.05) is 13.0 Å². The number of rotatable bonds is 1. The van der Waals surface area contributed by atoms with Crippen LogP contribution in [0.25, 0.3) is 0 Å². The van der Waals surface area contributed by atoms with Crippen molar-refractivity contribution in [2.45, 2.75) is 26.7 Å². The molecule has 0 amide bonds. The molecule has 0 atom stereocenters. The minimum atomic E-state index is 0.487. The summed E-state index contributed by atoms with van der Waals surface area (Å²) < 4.78 is 1.11. The molecule has 0 aliphatic rings. The third-order valence-corrected chi connectivity index (χ3v) is 2.46. The summed E-state index contributed by atoms with van der Waals surface area (Å²) in [5.41, 5.74) is 9.23. The number of benzene rings is 1. The van der Waals surface area contributed by atoms with Gasteiger partial charge in [0.15, 0.2) is 0 Å². The van der Waals surface area contributed by atoms with Crippen molar-refractivity contribution in [3.05, 3.63) is 27.7 Å². The van der Waals surface area contributed by atoms with Crippen LogP contribution in [0.1, 0.15) is 30.9 Å². The maximum absolute atomic E-state index is 5.93. The third-order valence-electron chi connectivity index (χ3n) is 2.01. The first kappa shape index (κ1) is 9.59. The van der Waals surface area contributed by atoms with Gasteiger partial charge in [0.1, 0.15) is 0 Å². The van der Waals surface area contributed by atoms with E-state index in [0.717, 1.165) is 15.7 Å². The highest BCUT2D eigenvalue weighted by Gasteiger charge is 2.06. The van der Waals surface area contributed by atoms with Crippen LogP contribution in [0.5, 0.6) is 0 Å². The van der Waals surface area contributed by atoms with Gasteiger partial charge in [-0.2, -0.15) is 0 Å². The Morgan fingerprint density at radius 3 is 2.42 bits per heavy atom. The van der Waals surface area contributed by atoms with Crippen LogP contribution < -0.4 is 5.73 Å². The lowest BCUT2D eigenvalue weighted by Crippen LogP contribution is -1.98. The highest BCUT2D eigenvalue weighted by Crippen LogP contribution is 2.28. The second-order valence-corrected chi connectivity index (χ2v) is 4.30. The summed E-state index contributed by atoms with van der Waals surface area (Å²) in [5.74, 6) is 0.487. The molecule has 2 heteroatoms. The smallest absolute Gasteiger partial charge is 0.0379 e. The molecule has 0 aromatic heterocycles. The summed E-state index contributed by atoms with van der Waals surface area (Å²) >= 11 is 3.46. The van der Waals surface area contributed by atoms with Crippen molar-refractivity contribution in [1.82, 2.24) is 0 Å². The minimum absolute atomic E-state index is 0.487.